The van der Waals surface area contributed by atoms with Gasteiger partial charge < -0.3 is 9.84 Å². The summed E-state index contributed by atoms with van der Waals surface area (Å²) >= 11 is 0. The monoisotopic (exact) mass is 286 g/mol. The van der Waals surface area contributed by atoms with E-state index in [2.05, 4.69) is 0 Å². The first-order valence-electron chi connectivity index (χ1n) is 5.57. The molecule has 0 aliphatic carbocycles. The number of para-hydroxylation sites is 1. The summed E-state index contributed by atoms with van der Waals surface area (Å²) in [6.07, 6.45) is -4.80. The summed E-state index contributed by atoms with van der Waals surface area (Å²) in [7, 11) is 1.32. The minimum atomic E-state index is -4.80. The summed E-state index contributed by atoms with van der Waals surface area (Å²) in [6.45, 7) is 0. The number of rotatable bonds is 2. The Balaban J connectivity index is 2.60. The summed E-state index contributed by atoms with van der Waals surface area (Å²) in [4.78, 5) is 0. The highest BCUT2D eigenvalue weighted by atomic mass is 19.4. The lowest BCUT2D eigenvalue weighted by Gasteiger charge is -2.12. The Hall–Kier alpha value is -2.24. The van der Waals surface area contributed by atoms with E-state index >= 15 is 0 Å². The Morgan fingerprint density at radius 2 is 1.80 bits per heavy atom. The highest BCUT2D eigenvalue weighted by Gasteiger charge is 2.34. The number of halogens is 4. The molecule has 0 saturated heterocycles. The van der Waals surface area contributed by atoms with Crippen molar-refractivity contribution in [1.29, 1.82) is 0 Å². The standard InChI is InChI=1S/C14H10F4O2/c1-20-12-4-2-3-9(13(12)19)8-5-6-11(15)10(7-8)14(16,17)18/h2-7,19H,1H3. The lowest BCUT2D eigenvalue weighted by Crippen LogP contribution is -2.08. The second kappa shape index (κ2) is 5.03. The van der Waals surface area contributed by atoms with Crippen LogP contribution in [0.4, 0.5) is 17.6 Å². The lowest BCUT2D eigenvalue weighted by molar-refractivity contribution is -0.139. The second-order valence-corrected chi connectivity index (χ2v) is 4.05. The average molecular weight is 286 g/mol. The summed E-state index contributed by atoms with van der Waals surface area (Å²) in [5.74, 6) is -1.53. The van der Waals surface area contributed by atoms with Gasteiger partial charge in [0.05, 0.1) is 12.7 Å². The molecule has 6 heteroatoms. The lowest BCUT2D eigenvalue weighted by atomic mass is 10.0. The summed E-state index contributed by atoms with van der Waals surface area (Å²) < 4.78 is 56.1. The van der Waals surface area contributed by atoms with Crippen molar-refractivity contribution in [3.05, 3.63) is 47.8 Å². The third-order valence-electron chi connectivity index (χ3n) is 2.80. The maximum atomic E-state index is 13.2. The van der Waals surface area contributed by atoms with Crippen molar-refractivity contribution in [3.8, 4) is 22.6 Å². The second-order valence-electron chi connectivity index (χ2n) is 4.05. The first-order valence-corrected chi connectivity index (χ1v) is 5.57. The Labute approximate surface area is 112 Å². The molecule has 2 rings (SSSR count). The largest absolute Gasteiger partial charge is 0.504 e. The number of ether oxygens (including phenoxy) is 1. The molecule has 2 nitrogen and oxygen atoms in total. The van der Waals surface area contributed by atoms with Gasteiger partial charge in [-0.2, -0.15) is 13.2 Å². The molecule has 0 unspecified atom stereocenters. The number of methoxy groups -OCH3 is 1. The van der Waals surface area contributed by atoms with Crippen LogP contribution in [-0.2, 0) is 6.18 Å². The number of alkyl halides is 3. The van der Waals surface area contributed by atoms with Crippen LogP contribution in [0.2, 0.25) is 0 Å². The highest BCUT2D eigenvalue weighted by Crippen LogP contribution is 2.39. The molecule has 0 aliphatic heterocycles. The predicted molar refractivity (Wildman–Crippen MR) is 65.1 cm³/mol. The van der Waals surface area contributed by atoms with Crippen LogP contribution in [0.25, 0.3) is 11.1 Å². The van der Waals surface area contributed by atoms with Gasteiger partial charge >= 0.3 is 6.18 Å². The third kappa shape index (κ3) is 2.54. The van der Waals surface area contributed by atoms with Crippen molar-refractivity contribution in [2.24, 2.45) is 0 Å². The van der Waals surface area contributed by atoms with E-state index < -0.39 is 17.6 Å². The topological polar surface area (TPSA) is 29.5 Å². The zero-order valence-electron chi connectivity index (χ0n) is 10.3. The van der Waals surface area contributed by atoms with E-state index in [9.17, 15) is 22.7 Å². The maximum Gasteiger partial charge on any atom is 0.419 e. The molecule has 1 N–H and O–H groups in total. The molecule has 0 fully saturated rings. The van der Waals surface area contributed by atoms with Crippen molar-refractivity contribution in [1.82, 2.24) is 0 Å². The van der Waals surface area contributed by atoms with Crippen molar-refractivity contribution in [2.45, 2.75) is 6.18 Å². The molecule has 0 aliphatic rings. The highest BCUT2D eigenvalue weighted by molar-refractivity contribution is 5.73. The molecule has 0 spiro atoms. The van der Waals surface area contributed by atoms with Crippen LogP contribution >= 0.6 is 0 Å². The summed E-state index contributed by atoms with van der Waals surface area (Å²) in [6, 6.07) is 6.95. The van der Waals surface area contributed by atoms with Crippen LogP contribution < -0.4 is 4.74 Å². The van der Waals surface area contributed by atoms with Gasteiger partial charge in [-0.25, -0.2) is 4.39 Å². The SMILES string of the molecule is COc1cccc(-c2ccc(F)c(C(F)(F)F)c2)c1O. The zero-order valence-corrected chi connectivity index (χ0v) is 10.3. The Morgan fingerprint density at radius 1 is 1.10 bits per heavy atom. The van der Waals surface area contributed by atoms with Gasteiger partial charge in [0.2, 0.25) is 0 Å². The van der Waals surface area contributed by atoms with Gasteiger partial charge in [0, 0.05) is 5.56 Å². The van der Waals surface area contributed by atoms with Gasteiger partial charge in [0.15, 0.2) is 11.5 Å². The maximum absolute atomic E-state index is 13.2. The summed E-state index contributed by atoms with van der Waals surface area (Å²) in [5, 5.41) is 9.91. The van der Waals surface area contributed by atoms with Gasteiger partial charge in [-0.15, -0.1) is 0 Å². The van der Waals surface area contributed by atoms with Gasteiger partial charge in [-0.1, -0.05) is 18.2 Å². The molecule has 0 atom stereocenters. The van der Waals surface area contributed by atoms with Gasteiger partial charge in [0.25, 0.3) is 0 Å². The molecule has 0 radical (unpaired) electrons. The predicted octanol–water partition coefficient (Wildman–Crippen LogP) is 4.23. The van der Waals surface area contributed by atoms with E-state index in [1.807, 2.05) is 0 Å². The molecule has 0 heterocycles. The van der Waals surface area contributed by atoms with Crippen LogP contribution in [-0.4, -0.2) is 12.2 Å². The molecule has 106 valence electrons. The Bertz CT molecular complexity index is 636. The van der Waals surface area contributed by atoms with Gasteiger partial charge in [-0.05, 0) is 23.8 Å². The minimum Gasteiger partial charge on any atom is -0.504 e. The fourth-order valence-electron chi connectivity index (χ4n) is 1.83. The van der Waals surface area contributed by atoms with Crippen LogP contribution in [0.3, 0.4) is 0 Å². The normalized spacial score (nSPS) is 11.4. The number of hydrogen-bond acceptors (Lipinski definition) is 2. The van der Waals surface area contributed by atoms with Crippen molar-refractivity contribution in [2.75, 3.05) is 7.11 Å². The number of phenols is 1. The van der Waals surface area contributed by atoms with E-state index in [-0.39, 0.29) is 22.6 Å². The smallest absolute Gasteiger partial charge is 0.419 e. The molecule has 2 aromatic rings. The van der Waals surface area contributed by atoms with E-state index in [1.165, 1.54) is 31.4 Å². The third-order valence-corrected chi connectivity index (χ3v) is 2.80. The Kier molecular flexibility index (Phi) is 3.57. The quantitative estimate of drug-likeness (QED) is 0.837. The number of aromatic hydroxyl groups is 1. The van der Waals surface area contributed by atoms with Crippen molar-refractivity contribution < 1.29 is 27.4 Å². The van der Waals surface area contributed by atoms with Crippen LogP contribution in [0.1, 0.15) is 5.56 Å². The first-order chi connectivity index (χ1) is 9.34. The van der Waals surface area contributed by atoms with Crippen molar-refractivity contribution in [3.63, 3.8) is 0 Å². The fraction of sp³-hybridized carbons (Fsp3) is 0.143. The molecule has 2 aromatic carbocycles. The van der Waals surface area contributed by atoms with Crippen LogP contribution in [0.15, 0.2) is 36.4 Å². The van der Waals surface area contributed by atoms with Gasteiger partial charge in [0.1, 0.15) is 5.82 Å². The molecule has 0 bridgehead atoms. The molecule has 0 saturated carbocycles. The van der Waals surface area contributed by atoms with Gasteiger partial charge in [-0.3, -0.25) is 0 Å². The molecular weight excluding hydrogens is 276 g/mol. The van der Waals surface area contributed by atoms with Crippen LogP contribution in [0.5, 0.6) is 11.5 Å². The van der Waals surface area contributed by atoms with E-state index in [0.717, 1.165) is 6.07 Å². The number of benzene rings is 2. The first kappa shape index (κ1) is 14.2. The number of hydrogen-bond donors (Lipinski definition) is 1. The van der Waals surface area contributed by atoms with E-state index in [1.54, 1.807) is 0 Å². The molecule has 0 aromatic heterocycles. The molecule has 0 amide bonds. The zero-order chi connectivity index (χ0) is 14.9. The van der Waals surface area contributed by atoms with Crippen LogP contribution in [0, 0.1) is 5.82 Å². The minimum absolute atomic E-state index is 0.0510. The van der Waals surface area contributed by atoms with Crippen molar-refractivity contribution >= 4 is 0 Å². The Morgan fingerprint density at radius 3 is 2.40 bits per heavy atom. The summed E-state index contributed by atoms with van der Waals surface area (Å²) in [5.41, 5.74) is -1.19. The molecular formula is C14H10F4O2. The van der Waals surface area contributed by atoms with E-state index in [0.29, 0.717) is 6.07 Å². The molecule has 20 heavy (non-hydrogen) atoms. The number of phenolic OH excluding ortho intramolecular Hbond substituents is 1. The average Bonchev–Trinajstić information content (AvgIpc) is 2.38. The fourth-order valence-corrected chi connectivity index (χ4v) is 1.83. The van der Waals surface area contributed by atoms with E-state index in [4.69, 9.17) is 4.74 Å².